The molecule has 0 saturated heterocycles. The van der Waals surface area contributed by atoms with E-state index in [1.54, 1.807) is 0 Å². The average Bonchev–Trinajstić information content (AvgIpc) is 1.91. The second kappa shape index (κ2) is 4.21. The fourth-order valence-electron chi connectivity index (χ4n) is 1.40. The van der Waals surface area contributed by atoms with E-state index < -0.39 is 0 Å². The molecule has 0 bridgehead atoms. The summed E-state index contributed by atoms with van der Waals surface area (Å²) in [5.41, 5.74) is 0. The molecule has 0 unspecified atom stereocenters. The van der Waals surface area contributed by atoms with Gasteiger partial charge in [-0.05, 0) is 25.5 Å². The van der Waals surface area contributed by atoms with E-state index in [4.69, 9.17) is 0 Å². The van der Waals surface area contributed by atoms with Gasteiger partial charge in [0, 0.05) is 5.25 Å². The van der Waals surface area contributed by atoms with Crippen LogP contribution in [0.1, 0.15) is 32.1 Å². The standard InChI is InChI=1S/C8H15S/c1-2-9-8-6-4-3-5-7-8/h8H,1-7H2. The molecule has 0 nitrogen and oxygen atoms in total. The third-order valence-corrected chi connectivity index (χ3v) is 3.08. The highest BCUT2D eigenvalue weighted by Crippen LogP contribution is 2.27. The molecular weight excluding hydrogens is 128 g/mol. The molecule has 0 amide bonds. The molecule has 1 rings (SSSR count). The predicted molar refractivity (Wildman–Crippen MR) is 44.7 cm³/mol. The van der Waals surface area contributed by atoms with Crippen LogP contribution in [-0.4, -0.2) is 11.0 Å². The van der Waals surface area contributed by atoms with Crippen molar-refractivity contribution >= 4 is 11.8 Å². The van der Waals surface area contributed by atoms with E-state index in [2.05, 4.69) is 6.92 Å². The summed E-state index contributed by atoms with van der Waals surface area (Å²) in [5, 5.41) is 0.955. The van der Waals surface area contributed by atoms with Crippen LogP contribution in [0.4, 0.5) is 0 Å². The summed E-state index contributed by atoms with van der Waals surface area (Å²) in [7, 11) is 0. The Morgan fingerprint density at radius 2 is 1.89 bits per heavy atom. The molecule has 1 heteroatoms. The Morgan fingerprint density at radius 1 is 1.22 bits per heavy atom. The number of rotatable bonds is 2. The van der Waals surface area contributed by atoms with Crippen molar-refractivity contribution in [3.63, 3.8) is 0 Å². The molecule has 1 aliphatic rings. The highest BCUT2D eigenvalue weighted by Gasteiger charge is 2.11. The monoisotopic (exact) mass is 143 g/mol. The van der Waals surface area contributed by atoms with Gasteiger partial charge in [0.15, 0.2) is 0 Å². The van der Waals surface area contributed by atoms with Crippen LogP contribution in [0.15, 0.2) is 0 Å². The SMILES string of the molecule is [CH2]CSC1CCCCC1. The van der Waals surface area contributed by atoms with Gasteiger partial charge in [0.25, 0.3) is 0 Å². The lowest BCUT2D eigenvalue weighted by Crippen LogP contribution is -2.07. The Bertz CT molecular complexity index is 62.2. The maximum absolute atomic E-state index is 3.84. The third kappa shape index (κ3) is 2.61. The molecule has 0 heterocycles. The zero-order valence-electron chi connectivity index (χ0n) is 5.94. The van der Waals surface area contributed by atoms with Crippen molar-refractivity contribution in [1.29, 1.82) is 0 Å². The lowest BCUT2D eigenvalue weighted by Gasteiger charge is -2.19. The maximum Gasteiger partial charge on any atom is 0.00470 e. The maximum atomic E-state index is 3.84. The van der Waals surface area contributed by atoms with Gasteiger partial charge in [-0.15, -0.1) is 0 Å². The van der Waals surface area contributed by atoms with Crippen molar-refractivity contribution in [1.82, 2.24) is 0 Å². The van der Waals surface area contributed by atoms with Gasteiger partial charge in [0.2, 0.25) is 0 Å². The summed E-state index contributed by atoms with van der Waals surface area (Å²) >= 11 is 2.04. The fourth-order valence-corrected chi connectivity index (χ4v) is 2.40. The van der Waals surface area contributed by atoms with Gasteiger partial charge in [-0.3, -0.25) is 0 Å². The molecule has 0 aromatic rings. The first kappa shape index (κ1) is 7.46. The van der Waals surface area contributed by atoms with Gasteiger partial charge >= 0.3 is 0 Å². The van der Waals surface area contributed by atoms with Crippen LogP contribution in [0.2, 0.25) is 0 Å². The summed E-state index contributed by atoms with van der Waals surface area (Å²) in [4.78, 5) is 0. The fraction of sp³-hybridized carbons (Fsp3) is 0.875. The first-order chi connectivity index (χ1) is 4.43. The van der Waals surface area contributed by atoms with Crippen molar-refractivity contribution < 1.29 is 0 Å². The molecule has 9 heavy (non-hydrogen) atoms. The van der Waals surface area contributed by atoms with Crippen molar-refractivity contribution in [2.24, 2.45) is 0 Å². The van der Waals surface area contributed by atoms with Crippen LogP contribution in [0.5, 0.6) is 0 Å². The zero-order valence-corrected chi connectivity index (χ0v) is 6.75. The molecule has 0 atom stereocenters. The van der Waals surface area contributed by atoms with E-state index in [0.29, 0.717) is 0 Å². The van der Waals surface area contributed by atoms with Gasteiger partial charge in [-0.1, -0.05) is 19.3 Å². The predicted octanol–water partition coefficient (Wildman–Crippen LogP) is 2.89. The summed E-state index contributed by atoms with van der Waals surface area (Å²) in [6.45, 7) is 3.84. The smallest absolute Gasteiger partial charge is 0.00470 e. The van der Waals surface area contributed by atoms with E-state index in [1.165, 1.54) is 32.1 Å². The first-order valence-corrected chi connectivity index (χ1v) is 4.89. The van der Waals surface area contributed by atoms with Crippen LogP contribution in [-0.2, 0) is 0 Å². The zero-order chi connectivity index (χ0) is 6.53. The van der Waals surface area contributed by atoms with E-state index in [1.807, 2.05) is 11.8 Å². The third-order valence-electron chi connectivity index (χ3n) is 1.91. The van der Waals surface area contributed by atoms with E-state index in [0.717, 1.165) is 11.0 Å². The largest absolute Gasteiger partial charge is 0.159 e. The molecule has 0 aromatic carbocycles. The van der Waals surface area contributed by atoms with Crippen molar-refractivity contribution in [3.8, 4) is 0 Å². The van der Waals surface area contributed by atoms with Crippen LogP contribution in [0.3, 0.4) is 0 Å². The molecule has 1 fully saturated rings. The minimum Gasteiger partial charge on any atom is -0.159 e. The van der Waals surface area contributed by atoms with E-state index in [-0.39, 0.29) is 0 Å². The van der Waals surface area contributed by atoms with Crippen LogP contribution < -0.4 is 0 Å². The molecule has 53 valence electrons. The first-order valence-electron chi connectivity index (χ1n) is 3.84. The molecule has 0 aliphatic heterocycles. The van der Waals surface area contributed by atoms with Gasteiger partial charge < -0.3 is 0 Å². The summed E-state index contributed by atoms with van der Waals surface area (Å²) in [6, 6.07) is 0. The Balaban J connectivity index is 2.08. The van der Waals surface area contributed by atoms with Crippen molar-refractivity contribution in [2.45, 2.75) is 37.4 Å². The van der Waals surface area contributed by atoms with Crippen LogP contribution >= 0.6 is 11.8 Å². The van der Waals surface area contributed by atoms with Crippen molar-refractivity contribution in [2.75, 3.05) is 5.75 Å². The molecule has 0 spiro atoms. The second-order valence-corrected chi connectivity index (χ2v) is 4.04. The highest BCUT2D eigenvalue weighted by molar-refractivity contribution is 7.99. The van der Waals surface area contributed by atoms with Gasteiger partial charge in [0.1, 0.15) is 0 Å². The lowest BCUT2D eigenvalue weighted by atomic mass is 10.0. The second-order valence-electron chi connectivity index (χ2n) is 2.63. The molecule has 0 N–H and O–H groups in total. The topological polar surface area (TPSA) is 0 Å². The summed E-state index contributed by atoms with van der Waals surface area (Å²) in [6.07, 6.45) is 7.27. The average molecular weight is 143 g/mol. The van der Waals surface area contributed by atoms with Gasteiger partial charge in [-0.2, -0.15) is 11.8 Å². The normalized spacial score (nSPS) is 22.3. The van der Waals surface area contributed by atoms with E-state index in [9.17, 15) is 0 Å². The van der Waals surface area contributed by atoms with Crippen LogP contribution in [0.25, 0.3) is 0 Å². The van der Waals surface area contributed by atoms with Gasteiger partial charge in [0.05, 0.1) is 0 Å². The van der Waals surface area contributed by atoms with Gasteiger partial charge in [-0.25, -0.2) is 0 Å². The highest BCUT2D eigenvalue weighted by atomic mass is 32.2. The minimum atomic E-state index is 0.955. The lowest BCUT2D eigenvalue weighted by molar-refractivity contribution is 0.516. The van der Waals surface area contributed by atoms with Crippen LogP contribution in [0, 0.1) is 6.92 Å². The Morgan fingerprint density at radius 3 is 2.44 bits per heavy atom. The molecular formula is C8H15S. The molecule has 1 aliphatic carbocycles. The van der Waals surface area contributed by atoms with E-state index >= 15 is 0 Å². The molecule has 1 radical (unpaired) electrons. The Hall–Kier alpha value is 0.350. The van der Waals surface area contributed by atoms with Crippen molar-refractivity contribution in [3.05, 3.63) is 6.92 Å². The minimum absolute atomic E-state index is 0.955. The number of hydrogen-bond acceptors (Lipinski definition) is 1. The number of thioether (sulfide) groups is 1. The summed E-state index contributed by atoms with van der Waals surface area (Å²) < 4.78 is 0. The quantitative estimate of drug-likeness (QED) is 0.573. The molecule has 1 saturated carbocycles. The molecule has 0 aromatic heterocycles. The Kier molecular flexibility index (Phi) is 3.49. The summed E-state index contributed by atoms with van der Waals surface area (Å²) in [5.74, 6) is 1.06. The number of hydrogen-bond donors (Lipinski definition) is 0. The Labute approximate surface area is 62.4 Å².